The second kappa shape index (κ2) is 7.37. The molecule has 1 amide bonds. The quantitative estimate of drug-likeness (QED) is 0.654. The van der Waals surface area contributed by atoms with Gasteiger partial charge in [-0.15, -0.1) is 0 Å². The third kappa shape index (κ3) is 4.06. The van der Waals surface area contributed by atoms with Gasteiger partial charge in [-0.05, 0) is 34.1 Å². The first-order valence-electron chi connectivity index (χ1n) is 6.78. The molecular weight excluding hydrogens is 396 g/mol. The molecule has 120 valence electrons. The Hall–Kier alpha value is -2.51. The van der Waals surface area contributed by atoms with E-state index in [-0.39, 0.29) is 16.6 Å². The summed E-state index contributed by atoms with van der Waals surface area (Å²) in [5.74, 6) is 0.512. The summed E-state index contributed by atoms with van der Waals surface area (Å²) in [5.41, 5.74) is 0.823. The standard InChI is InChI=1S/C16H10BrClN4O2/c17-10-6-13(15(18)21-8-10)16(23)22-11-2-1-3-12(7-11)24-14-9-19-4-5-20-14/h1-9H,(H,22,23). The van der Waals surface area contributed by atoms with Crippen molar-refractivity contribution < 1.29 is 9.53 Å². The van der Waals surface area contributed by atoms with E-state index >= 15 is 0 Å². The van der Waals surface area contributed by atoms with Crippen molar-refractivity contribution in [3.05, 3.63) is 70.3 Å². The third-order valence-electron chi connectivity index (χ3n) is 2.90. The van der Waals surface area contributed by atoms with Gasteiger partial charge >= 0.3 is 0 Å². The first-order valence-corrected chi connectivity index (χ1v) is 7.95. The highest BCUT2D eigenvalue weighted by molar-refractivity contribution is 9.10. The van der Waals surface area contributed by atoms with Gasteiger partial charge in [-0.25, -0.2) is 9.97 Å². The molecule has 2 aromatic heterocycles. The van der Waals surface area contributed by atoms with Gasteiger partial charge in [0.2, 0.25) is 5.88 Å². The molecular formula is C16H10BrClN4O2. The van der Waals surface area contributed by atoms with Gasteiger partial charge in [-0.3, -0.25) is 9.78 Å². The summed E-state index contributed by atoms with van der Waals surface area (Å²) in [6.07, 6.45) is 6.11. The maximum Gasteiger partial charge on any atom is 0.258 e. The summed E-state index contributed by atoms with van der Waals surface area (Å²) in [7, 11) is 0. The third-order valence-corrected chi connectivity index (χ3v) is 3.64. The molecule has 0 saturated heterocycles. The fourth-order valence-electron chi connectivity index (χ4n) is 1.88. The molecule has 0 aliphatic carbocycles. The monoisotopic (exact) mass is 404 g/mol. The average molecular weight is 406 g/mol. The molecule has 0 atom stereocenters. The molecule has 3 aromatic rings. The summed E-state index contributed by atoms with van der Waals surface area (Å²) >= 11 is 9.23. The number of hydrogen-bond donors (Lipinski definition) is 1. The Kier molecular flexibility index (Phi) is 5.02. The number of ether oxygens (including phenoxy) is 1. The maximum atomic E-state index is 12.3. The van der Waals surface area contributed by atoms with Crippen LogP contribution < -0.4 is 10.1 Å². The molecule has 0 spiro atoms. The van der Waals surface area contributed by atoms with Gasteiger partial charge in [0.05, 0.1) is 11.8 Å². The van der Waals surface area contributed by atoms with Gasteiger partial charge in [0.25, 0.3) is 5.91 Å². The van der Waals surface area contributed by atoms with Crippen LogP contribution in [0.25, 0.3) is 0 Å². The Morgan fingerprint density at radius 1 is 1.17 bits per heavy atom. The zero-order valence-corrected chi connectivity index (χ0v) is 14.5. The number of halogens is 2. The van der Waals surface area contributed by atoms with Crippen molar-refractivity contribution in [3.8, 4) is 11.6 Å². The molecule has 0 fully saturated rings. The molecule has 2 heterocycles. The average Bonchev–Trinajstić information content (AvgIpc) is 2.58. The van der Waals surface area contributed by atoms with Crippen LogP contribution >= 0.6 is 27.5 Å². The first-order chi connectivity index (χ1) is 11.6. The number of amides is 1. The van der Waals surface area contributed by atoms with E-state index in [9.17, 15) is 4.79 Å². The van der Waals surface area contributed by atoms with Crippen LogP contribution in [0.2, 0.25) is 5.15 Å². The van der Waals surface area contributed by atoms with E-state index in [0.29, 0.717) is 21.8 Å². The Morgan fingerprint density at radius 3 is 2.83 bits per heavy atom. The Balaban J connectivity index is 1.77. The number of nitrogens with zero attached hydrogens (tertiary/aromatic N) is 3. The molecule has 0 aliphatic heterocycles. The van der Waals surface area contributed by atoms with E-state index in [2.05, 4.69) is 36.2 Å². The van der Waals surface area contributed by atoms with E-state index < -0.39 is 0 Å². The number of nitrogens with one attached hydrogen (secondary N) is 1. The number of rotatable bonds is 4. The molecule has 6 nitrogen and oxygen atoms in total. The lowest BCUT2D eigenvalue weighted by atomic mass is 10.2. The van der Waals surface area contributed by atoms with Crippen LogP contribution in [0.15, 0.2) is 59.6 Å². The summed E-state index contributed by atoms with van der Waals surface area (Å²) in [4.78, 5) is 24.2. The van der Waals surface area contributed by atoms with Crippen molar-refractivity contribution in [3.63, 3.8) is 0 Å². The minimum Gasteiger partial charge on any atom is -0.437 e. The largest absolute Gasteiger partial charge is 0.437 e. The number of aromatic nitrogens is 3. The predicted molar refractivity (Wildman–Crippen MR) is 93.4 cm³/mol. The van der Waals surface area contributed by atoms with Crippen LogP contribution in [0.1, 0.15) is 10.4 Å². The van der Waals surface area contributed by atoms with Gasteiger partial charge in [0.1, 0.15) is 10.9 Å². The highest BCUT2D eigenvalue weighted by Gasteiger charge is 2.13. The Morgan fingerprint density at radius 2 is 2.04 bits per heavy atom. The van der Waals surface area contributed by atoms with Gasteiger partial charge in [-0.1, -0.05) is 17.7 Å². The van der Waals surface area contributed by atoms with E-state index in [1.54, 1.807) is 36.5 Å². The molecule has 1 N–H and O–H groups in total. The molecule has 24 heavy (non-hydrogen) atoms. The lowest BCUT2D eigenvalue weighted by Gasteiger charge is -2.09. The summed E-state index contributed by atoms with van der Waals surface area (Å²) < 4.78 is 6.24. The molecule has 8 heteroatoms. The highest BCUT2D eigenvalue weighted by atomic mass is 79.9. The fourth-order valence-corrected chi connectivity index (χ4v) is 2.40. The lowest BCUT2D eigenvalue weighted by molar-refractivity contribution is 0.102. The molecule has 3 rings (SSSR count). The van der Waals surface area contributed by atoms with E-state index in [4.69, 9.17) is 16.3 Å². The second-order valence-electron chi connectivity index (χ2n) is 4.62. The zero-order chi connectivity index (χ0) is 16.9. The zero-order valence-electron chi connectivity index (χ0n) is 12.1. The smallest absolute Gasteiger partial charge is 0.258 e. The van der Waals surface area contributed by atoms with Crippen molar-refractivity contribution >= 4 is 39.1 Å². The number of hydrogen-bond acceptors (Lipinski definition) is 5. The van der Waals surface area contributed by atoms with Crippen LogP contribution in [0.4, 0.5) is 5.69 Å². The van der Waals surface area contributed by atoms with Crippen LogP contribution in [0.3, 0.4) is 0 Å². The van der Waals surface area contributed by atoms with Gasteiger partial charge in [0.15, 0.2) is 0 Å². The van der Waals surface area contributed by atoms with Crippen LogP contribution in [-0.4, -0.2) is 20.9 Å². The summed E-state index contributed by atoms with van der Waals surface area (Å²) in [6, 6.07) is 8.51. The number of anilines is 1. The number of carbonyl (C=O) groups excluding carboxylic acids is 1. The first kappa shape index (κ1) is 16.4. The topological polar surface area (TPSA) is 77.0 Å². The van der Waals surface area contributed by atoms with Gasteiger partial charge in [0, 0.05) is 34.8 Å². The van der Waals surface area contributed by atoms with Crippen LogP contribution in [-0.2, 0) is 0 Å². The highest BCUT2D eigenvalue weighted by Crippen LogP contribution is 2.24. The number of benzene rings is 1. The van der Waals surface area contributed by atoms with Gasteiger partial charge < -0.3 is 10.1 Å². The molecule has 0 radical (unpaired) electrons. The Bertz CT molecular complexity index is 877. The number of carbonyl (C=O) groups is 1. The second-order valence-corrected chi connectivity index (χ2v) is 5.89. The normalized spacial score (nSPS) is 10.2. The van der Waals surface area contributed by atoms with Crippen molar-refractivity contribution in [1.82, 2.24) is 15.0 Å². The Labute approximate surface area is 151 Å². The minimum atomic E-state index is -0.370. The fraction of sp³-hybridized carbons (Fsp3) is 0. The molecule has 1 aromatic carbocycles. The van der Waals surface area contributed by atoms with Crippen molar-refractivity contribution in [1.29, 1.82) is 0 Å². The van der Waals surface area contributed by atoms with Crippen LogP contribution in [0.5, 0.6) is 11.6 Å². The molecule has 0 saturated carbocycles. The van der Waals surface area contributed by atoms with Crippen molar-refractivity contribution in [2.45, 2.75) is 0 Å². The molecule has 0 bridgehead atoms. The lowest BCUT2D eigenvalue weighted by Crippen LogP contribution is -2.13. The van der Waals surface area contributed by atoms with Gasteiger partial charge in [-0.2, -0.15) is 0 Å². The van der Waals surface area contributed by atoms with E-state index in [0.717, 1.165) is 0 Å². The SMILES string of the molecule is O=C(Nc1cccc(Oc2cnccn2)c1)c1cc(Br)cnc1Cl. The molecule has 0 unspecified atom stereocenters. The number of pyridine rings is 1. The van der Waals surface area contributed by atoms with E-state index in [1.165, 1.54) is 18.6 Å². The predicted octanol–water partition coefficient (Wildman–Crippen LogP) is 4.33. The van der Waals surface area contributed by atoms with Crippen molar-refractivity contribution in [2.24, 2.45) is 0 Å². The van der Waals surface area contributed by atoms with Crippen LogP contribution in [0, 0.1) is 0 Å². The summed E-state index contributed by atoms with van der Waals surface area (Å²) in [6.45, 7) is 0. The van der Waals surface area contributed by atoms with Crippen molar-refractivity contribution in [2.75, 3.05) is 5.32 Å². The maximum absolute atomic E-state index is 12.3. The van der Waals surface area contributed by atoms with E-state index in [1.807, 2.05) is 0 Å². The summed E-state index contributed by atoms with van der Waals surface area (Å²) in [5, 5.41) is 2.88. The minimum absolute atomic E-state index is 0.127. The molecule has 0 aliphatic rings.